The highest BCUT2D eigenvalue weighted by Gasteiger charge is 2.33. The number of nitrogens with zero attached hydrogens (tertiary/aromatic N) is 2. The number of phenolic OH excluding ortho intramolecular Hbond substituents is 3. The van der Waals surface area contributed by atoms with Gasteiger partial charge in [-0.05, 0) is 43.7 Å². The van der Waals surface area contributed by atoms with Crippen molar-refractivity contribution in [2.75, 3.05) is 23.4 Å². The predicted molar refractivity (Wildman–Crippen MR) is 143 cm³/mol. The van der Waals surface area contributed by atoms with Gasteiger partial charge in [0.15, 0.2) is 0 Å². The van der Waals surface area contributed by atoms with Crippen LogP contribution in [-0.4, -0.2) is 34.8 Å². The van der Waals surface area contributed by atoms with E-state index in [2.05, 4.69) is 27.7 Å². The van der Waals surface area contributed by atoms with Gasteiger partial charge in [0.05, 0.1) is 16.9 Å². The van der Waals surface area contributed by atoms with E-state index in [0.29, 0.717) is 35.1 Å². The number of fused-ring (bicyclic) bond motifs is 2. The average Bonchev–Trinajstić information content (AvgIpc) is 2.86. The molecule has 0 aromatic heterocycles. The van der Waals surface area contributed by atoms with Gasteiger partial charge in [0, 0.05) is 25.7 Å². The van der Waals surface area contributed by atoms with Crippen molar-refractivity contribution in [3.05, 3.63) is 47.5 Å². The highest BCUT2D eigenvalue weighted by atomic mass is 16.3. The molecule has 0 spiro atoms. The largest absolute Gasteiger partial charge is 0.508 e. The Morgan fingerprint density at radius 3 is 2.40 bits per heavy atom. The zero-order valence-corrected chi connectivity index (χ0v) is 21.7. The Morgan fingerprint density at radius 2 is 1.69 bits per heavy atom. The number of aromatic hydroxyl groups is 3. The molecule has 1 amide bonds. The van der Waals surface area contributed by atoms with Crippen molar-refractivity contribution < 1.29 is 20.1 Å². The molecule has 2 aromatic carbocycles. The molecule has 1 atom stereocenters. The number of hydrogen-bond acceptors (Lipinski definition) is 5. The summed E-state index contributed by atoms with van der Waals surface area (Å²) < 4.78 is 0. The number of rotatable bonds is 10. The molecule has 1 unspecified atom stereocenters. The molecule has 190 valence electrons. The zero-order chi connectivity index (χ0) is 25.7. The summed E-state index contributed by atoms with van der Waals surface area (Å²) in [6, 6.07) is 7.54. The molecule has 0 aliphatic carbocycles. The second kappa shape index (κ2) is 11.5. The third-order valence-electron chi connectivity index (χ3n) is 6.88. The van der Waals surface area contributed by atoms with Crippen LogP contribution in [-0.2, 0) is 0 Å². The maximum Gasteiger partial charge on any atom is 0.260 e. The molecule has 0 bridgehead atoms. The number of amides is 1. The Hall–Kier alpha value is -3.15. The molecule has 35 heavy (non-hydrogen) atoms. The molecule has 0 radical (unpaired) electrons. The molecule has 3 rings (SSSR count). The van der Waals surface area contributed by atoms with Crippen LogP contribution < -0.4 is 9.80 Å². The molecular weight excluding hydrogens is 440 g/mol. The fourth-order valence-electron chi connectivity index (χ4n) is 4.84. The summed E-state index contributed by atoms with van der Waals surface area (Å²) in [5.74, 6) is 0.838. The van der Waals surface area contributed by atoms with Crippen molar-refractivity contribution >= 4 is 23.0 Å². The normalized spacial score (nSPS) is 14.7. The molecular formula is C29H40N2O4. The van der Waals surface area contributed by atoms with Crippen molar-refractivity contribution in [2.24, 2.45) is 11.8 Å². The Morgan fingerprint density at radius 1 is 0.971 bits per heavy atom. The number of benzene rings is 2. The highest BCUT2D eigenvalue weighted by Crippen LogP contribution is 2.49. The van der Waals surface area contributed by atoms with Crippen molar-refractivity contribution in [2.45, 2.75) is 66.2 Å². The van der Waals surface area contributed by atoms with Crippen molar-refractivity contribution in [3.63, 3.8) is 0 Å². The van der Waals surface area contributed by atoms with E-state index in [4.69, 9.17) is 0 Å². The van der Waals surface area contributed by atoms with Crippen LogP contribution in [0.1, 0.15) is 76.6 Å². The van der Waals surface area contributed by atoms with Gasteiger partial charge in [0.25, 0.3) is 5.91 Å². The van der Waals surface area contributed by atoms with E-state index in [0.717, 1.165) is 18.8 Å². The van der Waals surface area contributed by atoms with Gasteiger partial charge < -0.3 is 25.1 Å². The minimum absolute atomic E-state index is 0.0483. The summed E-state index contributed by atoms with van der Waals surface area (Å²) >= 11 is 0. The topological polar surface area (TPSA) is 84.2 Å². The molecule has 1 heterocycles. The van der Waals surface area contributed by atoms with Gasteiger partial charge in [-0.3, -0.25) is 4.79 Å². The standard InChI is InChI=1S/C29H40N2O4/c1-19(2)9-6-10-20(3)11-7-12-21(4)15-16-31-24-17-22(32)18-26(34)28(24)30(5)27-23(29(31)35)13-8-14-25(27)33/h8,13-15,17-20,32-34H,6-7,9-12,16H2,1-5H3. The van der Waals surface area contributed by atoms with E-state index >= 15 is 0 Å². The first kappa shape index (κ1) is 26.5. The molecule has 1 aliphatic heterocycles. The van der Waals surface area contributed by atoms with Crippen LogP contribution in [0.4, 0.5) is 17.1 Å². The van der Waals surface area contributed by atoms with Crippen LogP contribution >= 0.6 is 0 Å². The fraction of sp³-hybridized carbons (Fsp3) is 0.483. The molecule has 0 saturated carbocycles. The Labute approximate surface area is 209 Å². The summed E-state index contributed by atoms with van der Waals surface area (Å²) in [5, 5.41) is 31.3. The fourth-order valence-corrected chi connectivity index (χ4v) is 4.84. The monoisotopic (exact) mass is 480 g/mol. The predicted octanol–water partition coefficient (Wildman–Crippen LogP) is 7.11. The molecule has 6 heteroatoms. The molecule has 0 saturated heterocycles. The average molecular weight is 481 g/mol. The van der Waals surface area contributed by atoms with Gasteiger partial charge in [-0.15, -0.1) is 0 Å². The summed E-state index contributed by atoms with van der Waals surface area (Å²) in [6.45, 7) is 9.25. The van der Waals surface area contributed by atoms with E-state index in [1.165, 1.54) is 49.5 Å². The van der Waals surface area contributed by atoms with Crippen LogP contribution in [0.2, 0.25) is 0 Å². The van der Waals surface area contributed by atoms with Crippen molar-refractivity contribution in [3.8, 4) is 17.2 Å². The van der Waals surface area contributed by atoms with Gasteiger partial charge in [-0.1, -0.05) is 64.2 Å². The number of carbonyl (C=O) groups is 1. The van der Waals surface area contributed by atoms with Crippen LogP contribution in [0, 0.1) is 11.8 Å². The first-order valence-corrected chi connectivity index (χ1v) is 12.7. The second-order valence-electron chi connectivity index (χ2n) is 10.4. The number of allylic oxidation sites excluding steroid dienone is 1. The first-order valence-electron chi connectivity index (χ1n) is 12.7. The summed E-state index contributed by atoms with van der Waals surface area (Å²) in [7, 11) is 1.69. The number of para-hydroxylation sites is 1. The van der Waals surface area contributed by atoms with Gasteiger partial charge in [-0.25, -0.2) is 0 Å². The third kappa shape index (κ3) is 6.30. The minimum atomic E-state index is -0.297. The molecule has 1 aliphatic rings. The van der Waals surface area contributed by atoms with Gasteiger partial charge in [0.2, 0.25) is 0 Å². The van der Waals surface area contributed by atoms with Gasteiger partial charge >= 0.3 is 0 Å². The van der Waals surface area contributed by atoms with E-state index in [-0.39, 0.29) is 23.2 Å². The van der Waals surface area contributed by atoms with Gasteiger partial charge in [0.1, 0.15) is 22.9 Å². The lowest BCUT2D eigenvalue weighted by atomic mass is 9.94. The van der Waals surface area contributed by atoms with E-state index in [9.17, 15) is 20.1 Å². The van der Waals surface area contributed by atoms with Crippen molar-refractivity contribution in [1.29, 1.82) is 0 Å². The van der Waals surface area contributed by atoms with Crippen LogP contribution in [0.3, 0.4) is 0 Å². The van der Waals surface area contributed by atoms with Gasteiger partial charge in [-0.2, -0.15) is 0 Å². The number of carbonyl (C=O) groups excluding carboxylic acids is 1. The van der Waals surface area contributed by atoms with E-state index in [1.807, 2.05) is 6.08 Å². The first-order chi connectivity index (χ1) is 16.6. The molecule has 3 N–H and O–H groups in total. The third-order valence-corrected chi connectivity index (χ3v) is 6.88. The molecule has 0 fully saturated rings. The molecule has 6 nitrogen and oxygen atoms in total. The Bertz CT molecular complexity index is 1080. The summed E-state index contributed by atoms with van der Waals surface area (Å²) in [4.78, 5) is 16.7. The maximum absolute atomic E-state index is 13.6. The van der Waals surface area contributed by atoms with Crippen LogP contribution in [0.5, 0.6) is 17.2 Å². The smallest absolute Gasteiger partial charge is 0.260 e. The van der Waals surface area contributed by atoms with Crippen LogP contribution in [0.25, 0.3) is 0 Å². The minimum Gasteiger partial charge on any atom is -0.508 e. The summed E-state index contributed by atoms with van der Waals surface area (Å²) in [6.07, 6.45) is 9.15. The lowest BCUT2D eigenvalue weighted by molar-refractivity contribution is 0.0990. The van der Waals surface area contributed by atoms with Crippen molar-refractivity contribution in [1.82, 2.24) is 0 Å². The van der Waals surface area contributed by atoms with E-state index < -0.39 is 0 Å². The zero-order valence-electron chi connectivity index (χ0n) is 21.7. The van der Waals surface area contributed by atoms with Crippen LogP contribution in [0.15, 0.2) is 42.0 Å². The lowest BCUT2D eigenvalue weighted by Gasteiger charge is -2.25. The number of phenols is 3. The quantitative estimate of drug-likeness (QED) is 0.316. The number of hydrogen-bond donors (Lipinski definition) is 3. The second-order valence-corrected chi connectivity index (χ2v) is 10.4. The highest BCUT2D eigenvalue weighted by molar-refractivity contribution is 6.15. The van der Waals surface area contributed by atoms with E-state index in [1.54, 1.807) is 29.0 Å². The lowest BCUT2D eigenvalue weighted by Crippen LogP contribution is -2.30. The summed E-state index contributed by atoms with van der Waals surface area (Å²) in [5.41, 5.74) is 2.62. The maximum atomic E-state index is 13.6. The number of anilines is 3. The Balaban J connectivity index is 1.78. The SMILES string of the molecule is CC(=CCN1C(=O)c2cccc(O)c2N(C)c2c(O)cc(O)cc21)CCCC(C)CCCC(C)C. The molecule has 2 aromatic rings. The Kier molecular flexibility index (Phi) is 8.71.